The molecule has 1 saturated heterocycles. The van der Waals surface area contributed by atoms with Crippen molar-refractivity contribution in [2.24, 2.45) is 0 Å². The number of likely N-dealkylation sites (tertiary alicyclic amines) is 1. The van der Waals surface area contributed by atoms with Gasteiger partial charge in [0.05, 0.1) is 23.5 Å². The van der Waals surface area contributed by atoms with Crippen molar-refractivity contribution in [3.63, 3.8) is 0 Å². The molecule has 2 heterocycles. The molecule has 0 saturated carbocycles. The monoisotopic (exact) mass is 402 g/mol. The Morgan fingerprint density at radius 1 is 1.13 bits per heavy atom. The molecule has 2 aromatic carbocycles. The molecule has 1 aliphatic rings. The number of rotatable bonds is 6. The summed E-state index contributed by atoms with van der Waals surface area (Å²) in [7, 11) is 1.86. The van der Waals surface area contributed by atoms with Gasteiger partial charge in [0.25, 0.3) is 5.91 Å². The van der Waals surface area contributed by atoms with Gasteiger partial charge < -0.3 is 4.90 Å². The third kappa shape index (κ3) is 4.62. The smallest absolute Gasteiger partial charge is 0.257 e. The number of piperidine rings is 1. The predicted octanol–water partition coefficient (Wildman–Crippen LogP) is 4.72. The summed E-state index contributed by atoms with van der Waals surface area (Å²) >= 11 is 0. The number of aromatic amines is 1. The number of benzene rings is 2. The summed E-state index contributed by atoms with van der Waals surface area (Å²) in [6.07, 6.45) is 5.09. The van der Waals surface area contributed by atoms with Crippen molar-refractivity contribution < 1.29 is 4.79 Å². The lowest BCUT2D eigenvalue weighted by molar-refractivity contribution is 0.0776. The molecule has 0 aliphatic carbocycles. The highest BCUT2D eigenvalue weighted by Crippen LogP contribution is 2.33. The summed E-state index contributed by atoms with van der Waals surface area (Å²) in [6, 6.07) is 19.0. The van der Waals surface area contributed by atoms with Gasteiger partial charge in [0.15, 0.2) is 0 Å². The summed E-state index contributed by atoms with van der Waals surface area (Å²) < 4.78 is 0. The highest BCUT2D eigenvalue weighted by Gasteiger charge is 2.30. The van der Waals surface area contributed by atoms with Crippen molar-refractivity contribution in [3.8, 4) is 0 Å². The summed E-state index contributed by atoms with van der Waals surface area (Å²) in [6.45, 7) is 4.64. The standard InChI is InChI=1S/C25H30N4O/c1-19-9-8-12-21(15-19)18-29-14-7-6-13-23(29)24-22(16-26-27-24)25(30)28(2)17-20-10-4-3-5-11-20/h3-5,8-12,15-16,23H,6-7,13-14,17-18H2,1-2H3,(H,26,27)/t23-/m1/s1. The number of aryl methyl sites for hydroxylation is 1. The van der Waals surface area contributed by atoms with Crippen LogP contribution in [0.15, 0.2) is 60.8 Å². The molecule has 0 unspecified atom stereocenters. The van der Waals surface area contributed by atoms with E-state index < -0.39 is 0 Å². The lowest BCUT2D eigenvalue weighted by Crippen LogP contribution is -2.35. The van der Waals surface area contributed by atoms with Crippen molar-refractivity contribution in [1.82, 2.24) is 20.0 Å². The van der Waals surface area contributed by atoms with E-state index in [1.165, 1.54) is 24.0 Å². The molecule has 0 spiro atoms. The van der Waals surface area contributed by atoms with E-state index >= 15 is 0 Å². The van der Waals surface area contributed by atoms with Crippen LogP contribution in [0.4, 0.5) is 0 Å². The molecule has 5 nitrogen and oxygen atoms in total. The summed E-state index contributed by atoms with van der Waals surface area (Å²) in [4.78, 5) is 17.5. The van der Waals surface area contributed by atoms with Gasteiger partial charge in [0.2, 0.25) is 0 Å². The van der Waals surface area contributed by atoms with Gasteiger partial charge in [-0.3, -0.25) is 14.8 Å². The first kappa shape index (κ1) is 20.4. The molecule has 0 radical (unpaired) electrons. The van der Waals surface area contributed by atoms with Crippen LogP contribution in [0.3, 0.4) is 0 Å². The SMILES string of the molecule is Cc1cccc(CN2CCCC[C@@H]2c2[nH]ncc2C(=O)N(C)Cc2ccccc2)c1. The second-order valence-electron chi connectivity index (χ2n) is 8.32. The number of carbonyl (C=O) groups is 1. The zero-order valence-electron chi connectivity index (χ0n) is 17.8. The van der Waals surface area contributed by atoms with E-state index in [0.717, 1.165) is 30.8 Å². The Bertz CT molecular complexity index is 982. The van der Waals surface area contributed by atoms with Gasteiger partial charge in [0, 0.05) is 20.1 Å². The first-order chi connectivity index (χ1) is 14.6. The van der Waals surface area contributed by atoms with Gasteiger partial charge in [0.1, 0.15) is 0 Å². The van der Waals surface area contributed by atoms with Crippen LogP contribution < -0.4 is 0 Å². The molecule has 4 rings (SSSR count). The maximum Gasteiger partial charge on any atom is 0.257 e. The van der Waals surface area contributed by atoms with Crippen molar-refractivity contribution >= 4 is 5.91 Å². The van der Waals surface area contributed by atoms with Crippen molar-refractivity contribution in [1.29, 1.82) is 0 Å². The largest absolute Gasteiger partial charge is 0.337 e. The van der Waals surface area contributed by atoms with Crippen LogP contribution in [0.1, 0.15) is 58.0 Å². The van der Waals surface area contributed by atoms with E-state index in [4.69, 9.17) is 0 Å². The molecule has 30 heavy (non-hydrogen) atoms. The van der Waals surface area contributed by atoms with Crippen molar-refractivity contribution in [3.05, 3.63) is 88.7 Å². The molecular weight excluding hydrogens is 372 g/mol. The second kappa shape index (κ2) is 9.26. The molecule has 1 aromatic heterocycles. The minimum Gasteiger partial charge on any atom is -0.337 e. The number of amides is 1. The molecule has 5 heteroatoms. The number of hydrogen-bond donors (Lipinski definition) is 1. The number of nitrogens with zero attached hydrogens (tertiary/aromatic N) is 3. The average molecular weight is 403 g/mol. The van der Waals surface area contributed by atoms with Gasteiger partial charge in [-0.15, -0.1) is 0 Å². The van der Waals surface area contributed by atoms with Gasteiger partial charge in [-0.1, -0.05) is 66.6 Å². The molecule has 1 fully saturated rings. The molecule has 1 atom stereocenters. The summed E-state index contributed by atoms with van der Waals surface area (Å²) in [5.41, 5.74) is 5.36. The molecule has 156 valence electrons. The van der Waals surface area contributed by atoms with Gasteiger partial charge in [-0.25, -0.2) is 0 Å². The highest BCUT2D eigenvalue weighted by atomic mass is 16.2. The van der Waals surface area contributed by atoms with E-state index in [-0.39, 0.29) is 11.9 Å². The van der Waals surface area contributed by atoms with Crippen LogP contribution in [0.5, 0.6) is 0 Å². The summed E-state index contributed by atoms with van der Waals surface area (Å²) in [5.74, 6) is 0.0173. The molecule has 1 amide bonds. The third-order valence-electron chi connectivity index (χ3n) is 5.92. The molecule has 3 aromatic rings. The van der Waals surface area contributed by atoms with Crippen LogP contribution >= 0.6 is 0 Å². The maximum absolute atomic E-state index is 13.2. The molecule has 0 bridgehead atoms. The number of carbonyl (C=O) groups excluding carboxylic acids is 1. The Kier molecular flexibility index (Phi) is 6.29. The van der Waals surface area contributed by atoms with Crippen LogP contribution in [-0.4, -0.2) is 39.5 Å². The number of nitrogens with one attached hydrogen (secondary N) is 1. The van der Waals surface area contributed by atoms with Gasteiger partial charge in [-0.05, 0) is 37.4 Å². The predicted molar refractivity (Wildman–Crippen MR) is 119 cm³/mol. The normalized spacial score (nSPS) is 17.1. The Morgan fingerprint density at radius 3 is 2.73 bits per heavy atom. The highest BCUT2D eigenvalue weighted by molar-refractivity contribution is 5.95. The van der Waals surface area contributed by atoms with Crippen molar-refractivity contribution in [2.75, 3.05) is 13.6 Å². The van der Waals surface area contributed by atoms with Crippen molar-refractivity contribution in [2.45, 2.75) is 45.3 Å². The fourth-order valence-electron chi connectivity index (χ4n) is 4.41. The Hall–Kier alpha value is -2.92. The summed E-state index contributed by atoms with van der Waals surface area (Å²) in [5, 5.41) is 7.43. The van der Waals surface area contributed by atoms with Gasteiger partial charge >= 0.3 is 0 Å². The second-order valence-corrected chi connectivity index (χ2v) is 8.32. The van der Waals surface area contributed by atoms with E-state index in [1.807, 2.05) is 37.4 Å². The number of H-pyrrole nitrogens is 1. The lowest BCUT2D eigenvalue weighted by atomic mass is 9.95. The quantitative estimate of drug-likeness (QED) is 0.649. The zero-order chi connectivity index (χ0) is 20.9. The van der Waals surface area contributed by atoms with E-state index in [0.29, 0.717) is 12.1 Å². The van der Waals surface area contributed by atoms with Crippen LogP contribution in [0, 0.1) is 6.92 Å². The average Bonchev–Trinajstić information content (AvgIpc) is 3.24. The van der Waals surface area contributed by atoms with Crippen LogP contribution in [0.2, 0.25) is 0 Å². The topological polar surface area (TPSA) is 52.2 Å². The van der Waals surface area contributed by atoms with E-state index in [2.05, 4.69) is 46.3 Å². The number of aromatic nitrogens is 2. The molecule has 1 aliphatic heterocycles. The van der Waals surface area contributed by atoms with Crippen LogP contribution in [-0.2, 0) is 13.1 Å². The Balaban J connectivity index is 1.53. The number of hydrogen-bond acceptors (Lipinski definition) is 3. The Morgan fingerprint density at radius 2 is 1.93 bits per heavy atom. The molecule has 1 N–H and O–H groups in total. The van der Waals surface area contributed by atoms with Crippen LogP contribution in [0.25, 0.3) is 0 Å². The Labute approximate surface area is 178 Å². The first-order valence-electron chi connectivity index (χ1n) is 10.7. The third-order valence-corrected chi connectivity index (χ3v) is 5.92. The fraction of sp³-hybridized carbons (Fsp3) is 0.360. The van der Waals surface area contributed by atoms with E-state index in [1.54, 1.807) is 11.1 Å². The zero-order valence-corrected chi connectivity index (χ0v) is 17.8. The van der Waals surface area contributed by atoms with Gasteiger partial charge in [-0.2, -0.15) is 5.10 Å². The maximum atomic E-state index is 13.2. The molecular formula is C25H30N4O. The van der Waals surface area contributed by atoms with E-state index in [9.17, 15) is 4.79 Å². The lowest BCUT2D eigenvalue weighted by Gasteiger charge is -2.35. The fourth-order valence-corrected chi connectivity index (χ4v) is 4.41. The minimum atomic E-state index is 0.0173. The first-order valence-corrected chi connectivity index (χ1v) is 10.7. The minimum absolute atomic E-state index is 0.0173.